The number of rotatable bonds is 4. The maximum atomic E-state index is 12.7. The summed E-state index contributed by atoms with van der Waals surface area (Å²) in [6.45, 7) is 11.4. The Morgan fingerprint density at radius 3 is 2.23 bits per heavy atom. The molecule has 0 bridgehead atoms. The van der Waals surface area contributed by atoms with Crippen LogP contribution in [0.25, 0.3) is 0 Å². The molecule has 3 rings (SSSR count). The van der Waals surface area contributed by atoms with Gasteiger partial charge in [-0.2, -0.15) is 0 Å². The molecule has 3 heteroatoms. The predicted octanol–water partition coefficient (Wildman–Crippen LogP) is 4.77. The normalized spacial score (nSPS) is 15.8. The Hall–Kier alpha value is -2.13. The van der Waals surface area contributed by atoms with E-state index in [0.29, 0.717) is 0 Å². The van der Waals surface area contributed by atoms with E-state index in [2.05, 4.69) is 74.3 Å². The third-order valence-electron chi connectivity index (χ3n) is 5.54. The first-order valence-electron chi connectivity index (χ1n) is 9.59. The van der Waals surface area contributed by atoms with E-state index in [9.17, 15) is 4.79 Å². The van der Waals surface area contributed by atoms with Crippen LogP contribution < -0.4 is 5.32 Å². The van der Waals surface area contributed by atoms with Crippen molar-refractivity contribution in [1.82, 2.24) is 4.90 Å². The van der Waals surface area contributed by atoms with Gasteiger partial charge in [-0.3, -0.25) is 9.69 Å². The number of anilines is 1. The molecule has 26 heavy (non-hydrogen) atoms. The molecule has 0 aromatic heterocycles. The van der Waals surface area contributed by atoms with Crippen molar-refractivity contribution >= 4 is 11.6 Å². The standard InChI is InChI=1S/C23H30N2O/c1-16-13-18(3)22(19(4)14-16)24-23(26)20-9-11-25(12-10-20)15-21-8-6-5-7-17(21)2/h5-8,13-14,20H,9-12,15H2,1-4H3,(H,24,26). The summed E-state index contributed by atoms with van der Waals surface area (Å²) in [5.74, 6) is 0.291. The largest absolute Gasteiger partial charge is 0.325 e. The molecule has 0 spiro atoms. The minimum absolute atomic E-state index is 0.114. The molecule has 1 N–H and O–H groups in total. The summed E-state index contributed by atoms with van der Waals surface area (Å²) >= 11 is 0. The van der Waals surface area contributed by atoms with Gasteiger partial charge in [-0.05, 0) is 75.9 Å². The van der Waals surface area contributed by atoms with Gasteiger partial charge >= 0.3 is 0 Å². The number of likely N-dealkylation sites (tertiary alicyclic amines) is 1. The molecule has 1 fully saturated rings. The lowest BCUT2D eigenvalue weighted by molar-refractivity contribution is -0.121. The van der Waals surface area contributed by atoms with E-state index in [-0.39, 0.29) is 11.8 Å². The fraction of sp³-hybridized carbons (Fsp3) is 0.435. The van der Waals surface area contributed by atoms with Crippen LogP contribution in [0, 0.1) is 33.6 Å². The highest BCUT2D eigenvalue weighted by Gasteiger charge is 2.25. The summed E-state index contributed by atoms with van der Waals surface area (Å²) in [5.41, 5.74) is 7.25. The van der Waals surface area contributed by atoms with Crippen LogP contribution in [0.2, 0.25) is 0 Å². The van der Waals surface area contributed by atoms with Crippen LogP contribution in [-0.4, -0.2) is 23.9 Å². The Morgan fingerprint density at radius 1 is 1.00 bits per heavy atom. The van der Waals surface area contributed by atoms with Crippen LogP contribution in [0.4, 0.5) is 5.69 Å². The number of nitrogens with one attached hydrogen (secondary N) is 1. The van der Waals surface area contributed by atoms with E-state index in [0.717, 1.165) is 49.3 Å². The number of hydrogen-bond acceptors (Lipinski definition) is 2. The van der Waals surface area contributed by atoms with Gasteiger partial charge in [-0.25, -0.2) is 0 Å². The van der Waals surface area contributed by atoms with Crippen molar-refractivity contribution < 1.29 is 4.79 Å². The van der Waals surface area contributed by atoms with E-state index in [1.54, 1.807) is 0 Å². The Morgan fingerprint density at radius 2 is 1.62 bits per heavy atom. The van der Waals surface area contributed by atoms with E-state index in [1.807, 2.05) is 0 Å². The first-order chi connectivity index (χ1) is 12.4. The average molecular weight is 351 g/mol. The molecule has 1 saturated heterocycles. The smallest absolute Gasteiger partial charge is 0.227 e. The summed E-state index contributed by atoms with van der Waals surface area (Å²) in [4.78, 5) is 15.2. The Balaban J connectivity index is 1.56. The first kappa shape index (κ1) is 18.7. The second-order valence-corrected chi connectivity index (χ2v) is 7.74. The van der Waals surface area contributed by atoms with Gasteiger partial charge in [-0.15, -0.1) is 0 Å². The SMILES string of the molecule is Cc1cc(C)c(NC(=O)C2CCN(Cc3ccccc3C)CC2)c(C)c1. The second-order valence-electron chi connectivity index (χ2n) is 7.74. The maximum absolute atomic E-state index is 12.7. The summed E-state index contributed by atoms with van der Waals surface area (Å²) in [5, 5.41) is 3.19. The van der Waals surface area contributed by atoms with Crippen LogP contribution in [0.1, 0.15) is 40.7 Å². The molecule has 0 unspecified atom stereocenters. The lowest BCUT2D eigenvalue weighted by Gasteiger charge is -2.31. The Labute approximate surface area is 157 Å². The number of aryl methyl sites for hydroxylation is 4. The van der Waals surface area contributed by atoms with Gasteiger partial charge in [0, 0.05) is 18.2 Å². The zero-order chi connectivity index (χ0) is 18.7. The summed E-state index contributed by atoms with van der Waals surface area (Å²) in [6, 6.07) is 12.8. The van der Waals surface area contributed by atoms with Crippen molar-refractivity contribution in [2.75, 3.05) is 18.4 Å². The fourth-order valence-electron chi connectivity index (χ4n) is 3.98. The maximum Gasteiger partial charge on any atom is 0.227 e. The first-order valence-corrected chi connectivity index (χ1v) is 9.59. The van der Waals surface area contributed by atoms with Crippen LogP contribution in [-0.2, 0) is 11.3 Å². The molecule has 1 amide bonds. The fourth-order valence-corrected chi connectivity index (χ4v) is 3.98. The van der Waals surface area contributed by atoms with Crippen molar-refractivity contribution in [3.63, 3.8) is 0 Å². The molecule has 3 nitrogen and oxygen atoms in total. The van der Waals surface area contributed by atoms with Crippen molar-refractivity contribution in [2.24, 2.45) is 5.92 Å². The summed E-state index contributed by atoms with van der Waals surface area (Å²) < 4.78 is 0. The molecular formula is C23H30N2O. The van der Waals surface area contributed by atoms with Gasteiger partial charge in [0.05, 0.1) is 0 Å². The van der Waals surface area contributed by atoms with Crippen LogP contribution in [0.5, 0.6) is 0 Å². The number of carbonyl (C=O) groups excluding carboxylic acids is 1. The lowest BCUT2D eigenvalue weighted by atomic mass is 9.94. The quantitative estimate of drug-likeness (QED) is 0.861. The molecule has 2 aromatic rings. The van der Waals surface area contributed by atoms with Crippen LogP contribution in [0.3, 0.4) is 0 Å². The van der Waals surface area contributed by atoms with Crippen molar-refractivity contribution in [1.29, 1.82) is 0 Å². The molecule has 0 radical (unpaired) electrons. The highest BCUT2D eigenvalue weighted by atomic mass is 16.1. The molecular weight excluding hydrogens is 320 g/mol. The molecule has 138 valence electrons. The summed E-state index contributed by atoms with van der Waals surface area (Å²) in [7, 11) is 0. The predicted molar refractivity (Wildman–Crippen MR) is 108 cm³/mol. The van der Waals surface area contributed by atoms with Crippen molar-refractivity contribution in [3.8, 4) is 0 Å². The molecule has 1 heterocycles. The van der Waals surface area contributed by atoms with Gasteiger partial charge in [0.2, 0.25) is 5.91 Å². The zero-order valence-corrected chi connectivity index (χ0v) is 16.4. The van der Waals surface area contributed by atoms with Gasteiger partial charge in [0.25, 0.3) is 0 Å². The third-order valence-corrected chi connectivity index (χ3v) is 5.54. The number of hydrogen-bond donors (Lipinski definition) is 1. The molecule has 1 aliphatic heterocycles. The Bertz CT molecular complexity index is 766. The zero-order valence-electron chi connectivity index (χ0n) is 16.4. The topological polar surface area (TPSA) is 32.3 Å². The van der Waals surface area contributed by atoms with Crippen molar-refractivity contribution in [3.05, 3.63) is 64.2 Å². The Kier molecular flexibility index (Phi) is 5.77. The average Bonchev–Trinajstić information content (AvgIpc) is 2.60. The van der Waals surface area contributed by atoms with Gasteiger partial charge in [0.15, 0.2) is 0 Å². The monoisotopic (exact) mass is 350 g/mol. The molecule has 0 atom stereocenters. The lowest BCUT2D eigenvalue weighted by Crippen LogP contribution is -2.38. The van der Waals surface area contributed by atoms with Crippen LogP contribution in [0.15, 0.2) is 36.4 Å². The highest BCUT2D eigenvalue weighted by Crippen LogP contribution is 2.25. The second kappa shape index (κ2) is 8.05. The minimum Gasteiger partial charge on any atom is -0.325 e. The summed E-state index contributed by atoms with van der Waals surface area (Å²) in [6.07, 6.45) is 1.86. The number of amides is 1. The number of carbonyl (C=O) groups is 1. The molecule has 2 aromatic carbocycles. The molecule has 1 aliphatic rings. The van der Waals surface area contributed by atoms with E-state index < -0.39 is 0 Å². The van der Waals surface area contributed by atoms with Gasteiger partial charge < -0.3 is 5.32 Å². The minimum atomic E-state index is 0.114. The van der Waals surface area contributed by atoms with Crippen LogP contribution >= 0.6 is 0 Å². The van der Waals surface area contributed by atoms with E-state index in [1.165, 1.54) is 16.7 Å². The third kappa shape index (κ3) is 4.34. The van der Waals surface area contributed by atoms with Gasteiger partial charge in [-0.1, -0.05) is 42.0 Å². The number of piperidine rings is 1. The molecule has 0 saturated carbocycles. The highest BCUT2D eigenvalue weighted by molar-refractivity contribution is 5.94. The van der Waals surface area contributed by atoms with Gasteiger partial charge in [0.1, 0.15) is 0 Å². The number of benzene rings is 2. The van der Waals surface area contributed by atoms with Crippen molar-refractivity contribution in [2.45, 2.75) is 47.1 Å². The van der Waals surface area contributed by atoms with E-state index in [4.69, 9.17) is 0 Å². The number of nitrogens with zero attached hydrogens (tertiary/aromatic N) is 1. The molecule has 0 aliphatic carbocycles. The van der Waals surface area contributed by atoms with E-state index >= 15 is 0 Å².